The van der Waals surface area contributed by atoms with Gasteiger partial charge in [0, 0.05) is 41.7 Å². The van der Waals surface area contributed by atoms with Crippen molar-refractivity contribution in [3.8, 4) is 28.3 Å². The third-order valence-electron chi connectivity index (χ3n) is 5.79. The molecule has 1 aliphatic rings. The lowest BCUT2D eigenvalue weighted by atomic mass is 10.0. The summed E-state index contributed by atoms with van der Waals surface area (Å²) in [5, 5.41) is 8.53. The van der Waals surface area contributed by atoms with Crippen LogP contribution in [0.3, 0.4) is 0 Å². The first-order valence-electron chi connectivity index (χ1n) is 10.3. The Hall–Kier alpha value is -3.74. The second kappa shape index (κ2) is 7.50. The molecule has 0 unspecified atom stereocenters. The molecule has 0 saturated heterocycles. The smallest absolute Gasteiger partial charge is 0.227 e. The van der Waals surface area contributed by atoms with E-state index >= 15 is 0 Å². The quantitative estimate of drug-likeness (QED) is 0.527. The van der Waals surface area contributed by atoms with Crippen molar-refractivity contribution < 1.29 is 9.53 Å². The fourth-order valence-corrected chi connectivity index (χ4v) is 3.95. The lowest BCUT2D eigenvalue weighted by molar-refractivity contribution is -0.117. The lowest BCUT2D eigenvalue weighted by Crippen LogP contribution is -2.15. The minimum absolute atomic E-state index is 0.0231. The van der Waals surface area contributed by atoms with Gasteiger partial charge in [-0.1, -0.05) is 37.3 Å². The molecule has 2 atom stereocenters. The number of hydrogen-bond acceptors (Lipinski definition) is 5. The highest BCUT2D eigenvalue weighted by molar-refractivity contribution is 6.02. The predicted octanol–water partition coefficient (Wildman–Crippen LogP) is 4.30. The van der Waals surface area contributed by atoms with Crippen LogP contribution in [0.15, 0.2) is 55.0 Å². The highest BCUT2D eigenvalue weighted by Gasteiger charge is 2.39. The Morgan fingerprint density at radius 1 is 1.16 bits per heavy atom. The summed E-state index contributed by atoms with van der Waals surface area (Å²) >= 11 is 0. The number of carbonyl (C=O) groups excluding carboxylic acids is 1. The van der Waals surface area contributed by atoms with E-state index in [0.29, 0.717) is 17.4 Å². The molecule has 0 aliphatic heterocycles. The summed E-state index contributed by atoms with van der Waals surface area (Å²) in [6.07, 6.45) is 4.42. The zero-order chi connectivity index (χ0) is 21.5. The van der Waals surface area contributed by atoms with Gasteiger partial charge in [-0.2, -0.15) is 5.10 Å². The second-order valence-electron chi connectivity index (χ2n) is 8.03. The van der Waals surface area contributed by atoms with Crippen molar-refractivity contribution in [2.75, 3.05) is 12.4 Å². The molecule has 5 rings (SSSR count). The highest BCUT2D eigenvalue weighted by atomic mass is 16.5. The summed E-state index contributed by atoms with van der Waals surface area (Å²) < 4.78 is 7.32. The molecule has 7 nitrogen and oxygen atoms in total. The number of carbonyl (C=O) groups is 1. The van der Waals surface area contributed by atoms with Crippen LogP contribution in [0.4, 0.5) is 5.69 Å². The number of fused-ring (bicyclic) bond motifs is 1. The van der Waals surface area contributed by atoms with Crippen LogP contribution >= 0.6 is 0 Å². The van der Waals surface area contributed by atoms with E-state index in [-0.39, 0.29) is 11.8 Å². The summed E-state index contributed by atoms with van der Waals surface area (Å²) in [7, 11) is 3.48. The topological polar surface area (TPSA) is 81.9 Å². The number of methoxy groups -OCH3 is 1. The van der Waals surface area contributed by atoms with E-state index in [9.17, 15) is 4.79 Å². The number of nitrogens with zero attached hydrogens (tertiary/aromatic N) is 4. The Morgan fingerprint density at radius 3 is 2.65 bits per heavy atom. The molecule has 0 bridgehead atoms. The number of aryl methyl sites for hydroxylation is 1. The number of nitrogens with one attached hydrogen (secondary N) is 1. The van der Waals surface area contributed by atoms with Gasteiger partial charge >= 0.3 is 0 Å². The number of ether oxygens (including phenoxy) is 1. The molecule has 2 heterocycles. The van der Waals surface area contributed by atoms with Crippen molar-refractivity contribution in [3.05, 3.63) is 55.0 Å². The maximum absolute atomic E-state index is 12.6. The Balaban J connectivity index is 1.65. The van der Waals surface area contributed by atoms with Gasteiger partial charge in [-0.25, -0.2) is 9.97 Å². The Kier molecular flexibility index (Phi) is 4.66. The molecule has 2 aromatic carbocycles. The molecule has 0 spiro atoms. The summed E-state index contributed by atoms with van der Waals surface area (Å²) in [5.41, 5.74) is 4.88. The van der Waals surface area contributed by atoms with Gasteiger partial charge in [-0.15, -0.1) is 0 Å². The van der Waals surface area contributed by atoms with Crippen molar-refractivity contribution in [1.29, 1.82) is 0 Å². The van der Waals surface area contributed by atoms with Crippen molar-refractivity contribution in [3.63, 3.8) is 0 Å². The predicted molar refractivity (Wildman–Crippen MR) is 120 cm³/mol. The van der Waals surface area contributed by atoms with Gasteiger partial charge in [0.25, 0.3) is 0 Å². The third kappa shape index (κ3) is 3.52. The van der Waals surface area contributed by atoms with Gasteiger partial charge in [0.2, 0.25) is 5.91 Å². The van der Waals surface area contributed by atoms with Gasteiger partial charge in [0.15, 0.2) is 0 Å². The van der Waals surface area contributed by atoms with Crippen LogP contribution in [0, 0.1) is 11.8 Å². The number of aromatic nitrogens is 4. The van der Waals surface area contributed by atoms with E-state index < -0.39 is 0 Å². The van der Waals surface area contributed by atoms with Gasteiger partial charge in [0.05, 0.1) is 24.0 Å². The molecule has 4 aromatic rings. The normalized spacial score (nSPS) is 17.5. The molecule has 1 aliphatic carbocycles. The minimum atomic E-state index is 0.0231. The zero-order valence-corrected chi connectivity index (χ0v) is 17.7. The SMILES string of the molecule is COc1cc2ncnc(-c3cn(C)nc3-c3ccccc3)c2cc1NC(=O)[C@H]1C[C@H]1C. The van der Waals surface area contributed by atoms with Crippen LogP contribution in [-0.4, -0.2) is 32.8 Å². The van der Waals surface area contributed by atoms with E-state index in [1.54, 1.807) is 18.1 Å². The monoisotopic (exact) mass is 413 g/mol. The van der Waals surface area contributed by atoms with Crippen molar-refractivity contribution in [1.82, 2.24) is 19.7 Å². The Bertz CT molecular complexity index is 1280. The molecule has 7 heteroatoms. The largest absolute Gasteiger partial charge is 0.494 e. The first-order valence-corrected chi connectivity index (χ1v) is 10.3. The standard InChI is InChI=1S/C24H23N5O2/c1-14-9-16(14)24(30)27-20-10-17-19(11-21(20)31-3)25-13-26-23(17)18-12-29(2)28-22(18)15-7-5-4-6-8-15/h4-8,10-14,16H,9H2,1-3H3,(H,27,30)/t14-,16+/m1/s1. The van der Waals surface area contributed by atoms with Crippen LogP contribution in [0.1, 0.15) is 13.3 Å². The Morgan fingerprint density at radius 2 is 1.94 bits per heavy atom. The molecule has 1 fully saturated rings. The molecule has 1 N–H and O–H groups in total. The number of rotatable bonds is 5. The molecule has 31 heavy (non-hydrogen) atoms. The average Bonchev–Trinajstić information content (AvgIpc) is 3.40. The molecule has 2 aromatic heterocycles. The Labute approximate surface area is 180 Å². The first kappa shape index (κ1) is 19.2. The fourth-order valence-electron chi connectivity index (χ4n) is 3.95. The molecule has 156 valence electrons. The fraction of sp³-hybridized carbons (Fsp3) is 0.250. The molecule has 1 saturated carbocycles. The average molecular weight is 413 g/mol. The maximum Gasteiger partial charge on any atom is 0.227 e. The summed E-state index contributed by atoms with van der Waals surface area (Å²) in [6.45, 7) is 2.08. The van der Waals surface area contributed by atoms with Crippen LogP contribution in [-0.2, 0) is 11.8 Å². The van der Waals surface area contributed by atoms with Crippen LogP contribution in [0.5, 0.6) is 5.75 Å². The van der Waals surface area contributed by atoms with Crippen LogP contribution < -0.4 is 10.1 Å². The summed E-state index contributed by atoms with van der Waals surface area (Å²) in [5.74, 6) is 1.09. The summed E-state index contributed by atoms with van der Waals surface area (Å²) in [4.78, 5) is 21.6. The second-order valence-corrected chi connectivity index (χ2v) is 8.03. The molecular weight excluding hydrogens is 390 g/mol. The lowest BCUT2D eigenvalue weighted by Gasteiger charge is -2.13. The van der Waals surface area contributed by atoms with E-state index in [2.05, 4.69) is 27.3 Å². The van der Waals surface area contributed by atoms with E-state index in [1.807, 2.05) is 55.7 Å². The zero-order valence-electron chi connectivity index (χ0n) is 17.7. The van der Waals surface area contributed by atoms with E-state index in [0.717, 1.165) is 39.8 Å². The van der Waals surface area contributed by atoms with Crippen molar-refractivity contribution in [2.24, 2.45) is 18.9 Å². The van der Waals surface area contributed by atoms with Gasteiger partial charge in [-0.05, 0) is 18.4 Å². The summed E-state index contributed by atoms with van der Waals surface area (Å²) in [6, 6.07) is 13.8. The van der Waals surface area contributed by atoms with Crippen molar-refractivity contribution in [2.45, 2.75) is 13.3 Å². The highest BCUT2D eigenvalue weighted by Crippen LogP contribution is 2.41. The first-order chi connectivity index (χ1) is 15.0. The van der Waals surface area contributed by atoms with E-state index in [1.165, 1.54) is 0 Å². The maximum atomic E-state index is 12.6. The number of hydrogen-bond donors (Lipinski definition) is 1. The van der Waals surface area contributed by atoms with Crippen LogP contribution in [0.25, 0.3) is 33.4 Å². The minimum Gasteiger partial charge on any atom is -0.494 e. The van der Waals surface area contributed by atoms with Crippen molar-refractivity contribution >= 4 is 22.5 Å². The number of amides is 1. The molecule has 1 amide bonds. The molecular formula is C24H23N5O2. The van der Waals surface area contributed by atoms with E-state index in [4.69, 9.17) is 4.74 Å². The van der Waals surface area contributed by atoms with Gasteiger partial charge in [0.1, 0.15) is 17.8 Å². The van der Waals surface area contributed by atoms with Crippen LogP contribution in [0.2, 0.25) is 0 Å². The third-order valence-corrected chi connectivity index (χ3v) is 5.79. The number of anilines is 1. The van der Waals surface area contributed by atoms with Gasteiger partial charge < -0.3 is 10.1 Å². The van der Waals surface area contributed by atoms with Gasteiger partial charge in [-0.3, -0.25) is 9.48 Å². The molecule has 0 radical (unpaired) electrons. The number of benzene rings is 2.